The molecule has 0 saturated heterocycles. The quantitative estimate of drug-likeness (QED) is 0.809. The molecule has 1 aliphatic rings. The van der Waals surface area contributed by atoms with Crippen LogP contribution in [-0.2, 0) is 6.54 Å². The van der Waals surface area contributed by atoms with Crippen LogP contribution in [0.2, 0.25) is 0 Å². The molecule has 0 unspecified atom stereocenters. The van der Waals surface area contributed by atoms with Crippen LogP contribution in [0.1, 0.15) is 31.2 Å². The van der Waals surface area contributed by atoms with Crippen LogP contribution in [0.5, 0.6) is 0 Å². The number of aliphatic hydroxyl groups excluding tert-OH is 1. The summed E-state index contributed by atoms with van der Waals surface area (Å²) in [6.07, 6.45) is 4.05. The Morgan fingerprint density at radius 1 is 1.05 bits per heavy atom. The molecular formula is C14H18F3NO. The second-order valence-electron chi connectivity index (χ2n) is 5.33. The van der Waals surface area contributed by atoms with Crippen LogP contribution in [0.25, 0.3) is 0 Å². The van der Waals surface area contributed by atoms with Crippen molar-refractivity contribution in [3.63, 3.8) is 0 Å². The predicted octanol–water partition coefficient (Wildman–Crippen LogP) is 2.75. The van der Waals surface area contributed by atoms with Crippen molar-refractivity contribution in [3.05, 3.63) is 35.1 Å². The zero-order valence-electron chi connectivity index (χ0n) is 10.7. The van der Waals surface area contributed by atoms with Crippen LogP contribution in [0.4, 0.5) is 13.2 Å². The van der Waals surface area contributed by atoms with E-state index in [4.69, 9.17) is 0 Å². The molecule has 1 aromatic carbocycles. The van der Waals surface area contributed by atoms with Gasteiger partial charge >= 0.3 is 0 Å². The standard InChI is InChI=1S/C14H18F3NO/c15-11-6-13(17)12(16)5-10(11)7-18-8-14(9-19)3-1-2-4-14/h5-6,18-19H,1-4,7-9H2. The molecule has 2 nitrogen and oxygen atoms in total. The maximum atomic E-state index is 13.4. The molecule has 5 heteroatoms. The molecule has 0 radical (unpaired) electrons. The summed E-state index contributed by atoms with van der Waals surface area (Å²) in [5.74, 6) is -2.98. The van der Waals surface area contributed by atoms with Gasteiger partial charge in [-0.2, -0.15) is 0 Å². The molecular weight excluding hydrogens is 255 g/mol. The Kier molecular flexibility index (Phi) is 4.47. The minimum absolute atomic E-state index is 0.0975. The molecule has 1 aromatic rings. The van der Waals surface area contributed by atoms with Crippen molar-refractivity contribution < 1.29 is 18.3 Å². The molecule has 0 heterocycles. The Hall–Kier alpha value is -1.07. The molecule has 106 valence electrons. The van der Waals surface area contributed by atoms with Gasteiger partial charge in [0.25, 0.3) is 0 Å². The highest BCUT2D eigenvalue weighted by atomic mass is 19.2. The number of hydrogen-bond donors (Lipinski definition) is 2. The third-order valence-electron chi connectivity index (χ3n) is 3.90. The number of rotatable bonds is 5. The summed E-state index contributed by atoms with van der Waals surface area (Å²) >= 11 is 0. The fraction of sp³-hybridized carbons (Fsp3) is 0.571. The van der Waals surface area contributed by atoms with E-state index in [0.29, 0.717) is 12.6 Å². The van der Waals surface area contributed by atoms with Gasteiger partial charge in [-0.15, -0.1) is 0 Å². The Morgan fingerprint density at radius 2 is 1.68 bits per heavy atom. The second-order valence-corrected chi connectivity index (χ2v) is 5.33. The van der Waals surface area contributed by atoms with E-state index in [1.807, 2.05) is 0 Å². The topological polar surface area (TPSA) is 32.3 Å². The molecule has 0 bridgehead atoms. The van der Waals surface area contributed by atoms with Crippen molar-refractivity contribution in [1.29, 1.82) is 0 Å². The molecule has 1 saturated carbocycles. The maximum Gasteiger partial charge on any atom is 0.161 e. The van der Waals surface area contributed by atoms with Crippen LogP contribution < -0.4 is 5.32 Å². The Morgan fingerprint density at radius 3 is 2.32 bits per heavy atom. The lowest BCUT2D eigenvalue weighted by Crippen LogP contribution is -2.35. The zero-order valence-corrected chi connectivity index (χ0v) is 10.7. The van der Waals surface area contributed by atoms with E-state index in [9.17, 15) is 18.3 Å². The molecule has 1 fully saturated rings. The summed E-state index contributed by atoms with van der Waals surface area (Å²) in [6.45, 7) is 0.785. The monoisotopic (exact) mass is 273 g/mol. The zero-order chi connectivity index (χ0) is 13.9. The van der Waals surface area contributed by atoms with E-state index in [2.05, 4.69) is 5.32 Å². The second kappa shape index (κ2) is 5.92. The van der Waals surface area contributed by atoms with Crippen molar-refractivity contribution in [1.82, 2.24) is 5.32 Å². The Labute approximate surface area is 110 Å². The predicted molar refractivity (Wildman–Crippen MR) is 66.0 cm³/mol. The smallest absolute Gasteiger partial charge is 0.161 e. The fourth-order valence-corrected chi connectivity index (χ4v) is 2.68. The van der Waals surface area contributed by atoms with Gasteiger partial charge in [0.05, 0.1) is 0 Å². The van der Waals surface area contributed by atoms with Crippen LogP contribution in [0.15, 0.2) is 12.1 Å². The highest BCUT2D eigenvalue weighted by Gasteiger charge is 2.32. The lowest BCUT2D eigenvalue weighted by molar-refractivity contribution is 0.128. The molecule has 0 atom stereocenters. The van der Waals surface area contributed by atoms with E-state index in [-0.39, 0.29) is 24.1 Å². The van der Waals surface area contributed by atoms with Crippen molar-refractivity contribution >= 4 is 0 Å². The molecule has 0 spiro atoms. The van der Waals surface area contributed by atoms with Gasteiger partial charge in [0.1, 0.15) is 5.82 Å². The van der Waals surface area contributed by atoms with E-state index in [1.165, 1.54) is 0 Å². The molecule has 1 aliphatic carbocycles. The van der Waals surface area contributed by atoms with E-state index in [1.54, 1.807) is 0 Å². The van der Waals surface area contributed by atoms with Gasteiger partial charge in [-0.05, 0) is 18.9 Å². The minimum Gasteiger partial charge on any atom is -0.396 e. The molecule has 2 N–H and O–H groups in total. The van der Waals surface area contributed by atoms with Gasteiger partial charge in [0.15, 0.2) is 11.6 Å². The SMILES string of the molecule is OCC1(CNCc2cc(F)c(F)cc2F)CCCC1. The summed E-state index contributed by atoms with van der Waals surface area (Å²) in [5.41, 5.74) is -0.0420. The number of nitrogens with one attached hydrogen (secondary N) is 1. The molecule has 19 heavy (non-hydrogen) atoms. The highest BCUT2D eigenvalue weighted by Crippen LogP contribution is 2.36. The van der Waals surface area contributed by atoms with Gasteiger partial charge in [-0.1, -0.05) is 12.8 Å². The largest absolute Gasteiger partial charge is 0.396 e. The lowest BCUT2D eigenvalue weighted by atomic mass is 9.87. The van der Waals surface area contributed by atoms with Crippen LogP contribution in [0, 0.1) is 22.9 Å². The van der Waals surface area contributed by atoms with Gasteiger partial charge in [-0.3, -0.25) is 0 Å². The summed E-state index contributed by atoms with van der Waals surface area (Å²) < 4.78 is 39.2. The minimum atomic E-state index is -1.18. The Bertz CT molecular complexity index is 445. The van der Waals surface area contributed by atoms with Gasteiger partial charge < -0.3 is 10.4 Å². The summed E-state index contributed by atoms with van der Waals surface area (Å²) in [5, 5.41) is 12.5. The van der Waals surface area contributed by atoms with Crippen LogP contribution in [0.3, 0.4) is 0 Å². The lowest BCUT2D eigenvalue weighted by Gasteiger charge is -2.26. The Balaban J connectivity index is 1.94. The number of aliphatic hydroxyl groups is 1. The van der Waals surface area contributed by atoms with Gasteiger partial charge in [0.2, 0.25) is 0 Å². The normalized spacial score (nSPS) is 17.9. The molecule has 0 aromatic heterocycles. The average molecular weight is 273 g/mol. The summed E-state index contributed by atoms with van der Waals surface area (Å²) in [6, 6.07) is 1.43. The number of hydrogen-bond acceptors (Lipinski definition) is 2. The highest BCUT2D eigenvalue weighted by molar-refractivity contribution is 5.19. The first-order valence-corrected chi connectivity index (χ1v) is 6.51. The molecule has 2 rings (SSSR count). The summed E-state index contributed by atoms with van der Waals surface area (Å²) in [4.78, 5) is 0. The van der Waals surface area contributed by atoms with E-state index < -0.39 is 17.5 Å². The molecule has 0 amide bonds. The fourth-order valence-electron chi connectivity index (χ4n) is 2.68. The number of benzene rings is 1. The third kappa shape index (κ3) is 3.28. The first kappa shape index (κ1) is 14.3. The molecule has 0 aliphatic heterocycles. The van der Waals surface area contributed by atoms with Gasteiger partial charge in [-0.25, -0.2) is 13.2 Å². The van der Waals surface area contributed by atoms with Crippen molar-refractivity contribution in [2.45, 2.75) is 32.2 Å². The first-order chi connectivity index (χ1) is 9.06. The maximum absolute atomic E-state index is 13.4. The van der Waals surface area contributed by atoms with E-state index in [0.717, 1.165) is 31.7 Å². The third-order valence-corrected chi connectivity index (χ3v) is 3.90. The van der Waals surface area contributed by atoms with Crippen LogP contribution in [-0.4, -0.2) is 18.3 Å². The van der Waals surface area contributed by atoms with Crippen LogP contribution >= 0.6 is 0 Å². The van der Waals surface area contributed by atoms with Crippen molar-refractivity contribution in [3.8, 4) is 0 Å². The van der Waals surface area contributed by atoms with Crippen molar-refractivity contribution in [2.75, 3.05) is 13.2 Å². The van der Waals surface area contributed by atoms with Crippen molar-refractivity contribution in [2.24, 2.45) is 5.41 Å². The van der Waals surface area contributed by atoms with E-state index >= 15 is 0 Å². The van der Waals surface area contributed by atoms with Gasteiger partial charge in [0, 0.05) is 36.7 Å². The average Bonchev–Trinajstić information content (AvgIpc) is 2.85. The number of halogens is 3. The summed E-state index contributed by atoms with van der Waals surface area (Å²) in [7, 11) is 0. The first-order valence-electron chi connectivity index (χ1n) is 6.51.